The Morgan fingerprint density at radius 1 is 1.00 bits per heavy atom. The topological polar surface area (TPSA) is 94.3 Å². The van der Waals surface area contributed by atoms with Crippen molar-refractivity contribution >= 4 is 0 Å². The fourth-order valence-corrected chi connectivity index (χ4v) is 6.68. The van der Waals surface area contributed by atoms with Crippen LogP contribution in [0.3, 0.4) is 0 Å². The summed E-state index contributed by atoms with van der Waals surface area (Å²) in [4.78, 5) is 18.9. The Balaban J connectivity index is 1.47. The van der Waals surface area contributed by atoms with Gasteiger partial charge in [0.25, 0.3) is 0 Å². The highest BCUT2D eigenvalue weighted by molar-refractivity contribution is 5.78. The fourth-order valence-electron chi connectivity index (χ4n) is 6.68. The molecule has 1 unspecified atom stereocenters. The predicted octanol–water partition coefficient (Wildman–Crippen LogP) is 6.98. The Morgan fingerprint density at radius 3 is 2.50 bits per heavy atom. The summed E-state index contributed by atoms with van der Waals surface area (Å²) in [6.45, 7) is 7.38. The monoisotopic (exact) mass is 541 g/mol. The minimum Gasteiger partial charge on any atom is -0.295 e. The maximum Gasteiger partial charge on any atom is 0.328 e. The largest absolute Gasteiger partial charge is 0.328 e. The lowest BCUT2D eigenvalue weighted by atomic mass is 9.69. The van der Waals surface area contributed by atoms with Crippen LogP contribution < -0.4 is 5.69 Å². The lowest BCUT2D eigenvalue weighted by molar-refractivity contribution is 0.106. The molecule has 3 aromatic heterocycles. The van der Waals surface area contributed by atoms with Gasteiger partial charge in [-0.15, -0.1) is 10.2 Å². The molecule has 0 amide bonds. The summed E-state index contributed by atoms with van der Waals surface area (Å²) in [5.74, 6) is 0.541. The molecule has 1 aromatic carbocycles. The van der Waals surface area contributed by atoms with Crippen molar-refractivity contribution in [2.45, 2.75) is 104 Å². The van der Waals surface area contributed by atoms with E-state index in [0.717, 1.165) is 66.6 Å². The number of nitrogens with zero attached hydrogens (tertiary/aromatic N) is 6. The van der Waals surface area contributed by atoms with Gasteiger partial charge in [0, 0.05) is 35.3 Å². The molecule has 1 aliphatic carbocycles. The lowest BCUT2D eigenvalue weighted by Gasteiger charge is -2.41. The van der Waals surface area contributed by atoms with Gasteiger partial charge >= 0.3 is 5.69 Å². The van der Waals surface area contributed by atoms with Crippen molar-refractivity contribution in [2.75, 3.05) is 0 Å². The Morgan fingerprint density at radius 2 is 1.80 bits per heavy atom. The van der Waals surface area contributed by atoms with Crippen LogP contribution in [0.1, 0.15) is 102 Å². The number of pyridine rings is 1. The van der Waals surface area contributed by atoms with Gasteiger partial charge in [0.15, 0.2) is 0 Å². The first-order valence-electron chi connectivity index (χ1n) is 15.2. The number of imidazole rings is 1. The number of hydrogen-bond acceptors (Lipinski definition) is 5. The minimum absolute atomic E-state index is 0.134. The average Bonchev–Trinajstić information content (AvgIpc) is 3.62. The van der Waals surface area contributed by atoms with Gasteiger partial charge in [-0.1, -0.05) is 83.2 Å². The van der Waals surface area contributed by atoms with Gasteiger partial charge in [0.2, 0.25) is 5.82 Å². The zero-order valence-corrected chi connectivity index (χ0v) is 24.3. The second-order valence-electron chi connectivity index (χ2n) is 11.4. The summed E-state index contributed by atoms with van der Waals surface area (Å²) in [5, 5.41) is 14.5. The Bertz CT molecular complexity index is 1410. The quantitative estimate of drug-likeness (QED) is 0.234. The molecule has 1 N–H and O–H groups in total. The van der Waals surface area contributed by atoms with E-state index in [1.807, 2.05) is 41.1 Å². The van der Waals surface area contributed by atoms with Crippen LogP contribution in [0.15, 0.2) is 53.6 Å². The third-order valence-corrected chi connectivity index (χ3v) is 9.18. The van der Waals surface area contributed by atoms with Crippen LogP contribution in [0.5, 0.6) is 0 Å². The predicted molar refractivity (Wildman–Crippen MR) is 159 cm³/mol. The van der Waals surface area contributed by atoms with Crippen molar-refractivity contribution in [3.05, 3.63) is 70.5 Å². The maximum absolute atomic E-state index is 14.1. The normalized spacial score (nSPS) is 17.4. The summed E-state index contributed by atoms with van der Waals surface area (Å²) >= 11 is 0. The van der Waals surface area contributed by atoms with Crippen LogP contribution in [0.4, 0.5) is 0 Å². The summed E-state index contributed by atoms with van der Waals surface area (Å²) in [7, 11) is 0. The molecule has 8 nitrogen and oxygen atoms in total. The second-order valence-corrected chi connectivity index (χ2v) is 11.4. The average molecular weight is 542 g/mol. The molecule has 0 spiro atoms. The van der Waals surface area contributed by atoms with Crippen molar-refractivity contribution in [3.63, 3.8) is 0 Å². The van der Waals surface area contributed by atoms with E-state index in [1.165, 1.54) is 32.1 Å². The van der Waals surface area contributed by atoms with Gasteiger partial charge in [-0.3, -0.25) is 14.1 Å². The van der Waals surface area contributed by atoms with Crippen LogP contribution in [0.25, 0.3) is 22.6 Å². The van der Waals surface area contributed by atoms with Crippen molar-refractivity contribution in [1.29, 1.82) is 0 Å². The molecule has 212 valence electrons. The number of benzene rings is 1. The maximum atomic E-state index is 14.1. The molecule has 4 aromatic rings. The molecule has 0 saturated heterocycles. The molecule has 8 heteroatoms. The fraction of sp³-hybridized carbons (Fsp3) is 0.531. The van der Waals surface area contributed by atoms with E-state index in [4.69, 9.17) is 4.98 Å². The van der Waals surface area contributed by atoms with E-state index in [9.17, 15) is 4.79 Å². The number of aromatic amines is 1. The van der Waals surface area contributed by atoms with Gasteiger partial charge in [0.1, 0.15) is 0 Å². The highest BCUT2D eigenvalue weighted by atomic mass is 16.1. The molecule has 0 bridgehead atoms. The molecule has 1 aliphatic rings. The van der Waals surface area contributed by atoms with Crippen LogP contribution in [-0.2, 0) is 13.0 Å². The molecule has 1 fully saturated rings. The molecule has 40 heavy (non-hydrogen) atoms. The summed E-state index contributed by atoms with van der Waals surface area (Å²) in [6, 6.07) is 12.3. The van der Waals surface area contributed by atoms with Crippen molar-refractivity contribution in [2.24, 2.45) is 5.41 Å². The van der Waals surface area contributed by atoms with E-state index in [2.05, 4.69) is 58.2 Å². The molecule has 1 atom stereocenters. The number of H-pyrrole nitrogens is 1. The zero-order chi connectivity index (χ0) is 28.0. The SMILES string of the molecule is CCCCc1cn(C2CCCCCCC2(CC)CC)c(=O)n1Cc1ccc(-c2ccccc2-c2nn[nH]n2)nc1. The van der Waals surface area contributed by atoms with E-state index in [0.29, 0.717) is 12.4 Å². The standard InChI is InChI=1S/C32H43N7O/c1-4-7-14-25-23-39(29-17-10-8-9-13-20-32(29,5-2)6-3)31(40)38(25)22-24-18-19-28(33-21-24)26-15-11-12-16-27(26)30-34-36-37-35-30/h11-12,15-16,18-19,21,23,29H,4-10,13-14,17,20,22H2,1-3H3,(H,34,35,36,37). The van der Waals surface area contributed by atoms with Crippen LogP contribution >= 0.6 is 0 Å². The Kier molecular flexibility index (Phi) is 8.92. The van der Waals surface area contributed by atoms with Crippen molar-refractivity contribution in [1.82, 2.24) is 34.7 Å². The Labute approximate surface area is 237 Å². The first-order valence-corrected chi connectivity index (χ1v) is 15.2. The second kappa shape index (κ2) is 12.7. The first-order chi connectivity index (χ1) is 19.6. The molecule has 3 heterocycles. The first kappa shape index (κ1) is 28.0. The highest BCUT2D eigenvalue weighted by Gasteiger charge is 2.38. The van der Waals surface area contributed by atoms with Gasteiger partial charge in [-0.05, 0) is 60.8 Å². The smallest absolute Gasteiger partial charge is 0.295 e. The number of unbranched alkanes of at least 4 members (excludes halogenated alkanes) is 1. The molecular formula is C32H43N7O. The van der Waals surface area contributed by atoms with E-state index in [1.54, 1.807) is 0 Å². The van der Waals surface area contributed by atoms with Gasteiger partial charge < -0.3 is 0 Å². The number of aryl methyl sites for hydroxylation is 1. The minimum atomic E-state index is 0.134. The summed E-state index contributed by atoms with van der Waals surface area (Å²) in [6.07, 6.45) is 16.8. The number of hydrogen-bond donors (Lipinski definition) is 1. The van der Waals surface area contributed by atoms with Crippen molar-refractivity contribution in [3.8, 4) is 22.6 Å². The number of tetrazole rings is 1. The van der Waals surface area contributed by atoms with Crippen LogP contribution in [-0.4, -0.2) is 34.7 Å². The zero-order valence-electron chi connectivity index (χ0n) is 24.3. The molecule has 0 aliphatic heterocycles. The van der Waals surface area contributed by atoms with E-state index in [-0.39, 0.29) is 17.1 Å². The van der Waals surface area contributed by atoms with Crippen LogP contribution in [0, 0.1) is 5.41 Å². The third-order valence-electron chi connectivity index (χ3n) is 9.18. The number of aromatic nitrogens is 7. The Hall–Kier alpha value is -3.55. The molecular weight excluding hydrogens is 498 g/mol. The van der Waals surface area contributed by atoms with Crippen LogP contribution in [0.2, 0.25) is 0 Å². The van der Waals surface area contributed by atoms with E-state index < -0.39 is 0 Å². The van der Waals surface area contributed by atoms with Gasteiger partial charge in [-0.25, -0.2) is 4.79 Å². The third kappa shape index (κ3) is 5.67. The summed E-state index contributed by atoms with van der Waals surface area (Å²) < 4.78 is 4.14. The van der Waals surface area contributed by atoms with Crippen molar-refractivity contribution < 1.29 is 0 Å². The molecule has 0 radical (unpaired) electrons. The summed E-state index contributed by atoms with van der Waals surface area (Å²) in [5.41, 5.74) is 5.14. The van der Waals surface area contributed by atoms with E-state index >= 15 is 0 Å². The molecule has 5 rings (SSSR count). The highest BCUT2D eigenvalue weighted by Crippen LogP contribution is 2.47. The molecule has 1 saturated carbocycles. The van der Waals surface area contributed by atoms with Gasteiger partial charge in [-0.2, -0.15) is 5.21 Å². The lowest BCUT2D eigenvalue weighted by Crippen LogP contribution is -2.38. The van der Waals surface area contributed by atoms with Gasteiger partial charge in [0.05, 0.1) is 12.2 Å². The number of nitrogens with one attached hydrogen (secondary N) is 1. The number of rotatable bonds is 10.